The highest BCUT2D eigenvalue weighted by Gasteiger charge is 2.23. The van der Waals surface area contributed by atoms with Crippen LogP contribution in [0.3, 0.4) is 0 Å². The Morgan fingerprint density at radius 1 is 1.16 bits per heavy atom. The zero-order valence-corrected chi connectivity index (χ0v) is 14.6. The first-order valence-electron chi connectivity index (χ1n) is 9.01. The summed E-state index contributed by atoms with van der Waals surface area (Å²) in [7, 11) is 0. The molecule has 2 saturated heterocycles. The summed E-state index contributed by atoms with van der Waals surface area (Å²) in [6.07, 6.45) is 1.03. The van der Waals surface area contributed by atoms with Crippen molar-refractivity contribution in [3.8, 4) is 17.1 Å². The van der Waals surface area contributed by atoms with Crippen LogP contribution in [-0.2, 0) is 9.47 Å². The monoisotopic (exact) mass is 340 g/mol. The summed E-state index contributed by atoms with van der Waals surface area (Å²) in [5.41, 5.74) is 2.98. The average molecular weight is 340 g/mol. The van der Waals surface area contributed by atoms with Gasteiger partial charge in [-0.15, -0.1) is 0 Å². The van der Waals surface area contributed by atoms with Crippen LogP contribution in [0.15, 0.2) is 42.5 Å². The van der Waals surface area contributed by atoms with Crippen LogP contribution in [0.4, 0.5) is 0 Å². The van der Waals surface area contributed by atoms with Gasteiger partial charge in [0.1, 0.15) is 6.10 Å². The van der Waals surface area contributed by atoms with Crippen LogP contribution < -0.4 is 4.74 Å². The van der Waals surface area contributed by atoms with Crippen molar-refractivity contribution in [2.24, 2.45) is 0 Å². The zero-order chi connectivity index (χ0) is 17.1. The van der Waals surface area contributed by atoms with E-state index < -0.39 is 0 Å². The first-order chi connectivity index (χ1) is 12.3. The Morgan fingerprint density at radius 3 is 2.80 bits per heavy atom. The molecule has 132 valence electrons. The molecule has 1 atom stereocenters. The minimum absolute atomic E-state index is 0.231. The van der Waals surface area contributed by atoms with Crippen LogP contribution in [-0.4, -0.2) is 48.8 Å². The Bertz CT molecular complexity index is 716. The number of nitrogens with zero attached hydrogens (tertiary/aromatic N) is 2. The summed E-state index contributed by atoms with van der Waals surface area (Å²) >= 11 is 0. The molecule has 2 aliphatic rings. The van der Waals surface area contributed by atoms with E-state index in [2.05, 4.69) is 24.0 Å². The van der Waals surface area contributed by atoms with Crippen molar-refractivity contribution >= 4 is 0 Å². The van der Waals surface area contributed by atoms with Gasteiger partial charge < -0.3 is 14.2 Å². The second-order valence-corrected chi connectivity index (χ2v) is 6.48. The van der Waals surface area contributed by atoms with Gasteiger partial charge in [-0.2, -0.15) is 0 Å². The van der Waals surface area contributed by atoms with Crippen LogP contribution in [0.1, 0.15) is 25.2 Å². The lowest BCUT2D eigenvalue weighted by atomic mass is 10.1. The van der Waals surface area contributed by atoms with E-state index in [0.717, 1.165) is 42.9 Å². The molecule has 5 heteroatoms. The summed E-state index contributed by atoms with van der Waals surface area (Å²) in [4.78, 5) is 7.11. The zero-order valence-electron chi connectivity index (χ0n) is 14.6. The molecule has 3 heterocycles. The first kappa shape index (κ1) is 16.5. The first-order valence-corrected chi connectivity index (χ1v) is 9.01. The van der Waals surface area contributed by atoms with Crippen LogP contribution >= 0.6 is 0 Å². The fourth-order valence-electron chi connectivity index (χ4n) is 3.39. The van der Waals surface area contributed by atoms with Crippen molar-refractivity contribution in [3.05, 3.63) is 48.0 Å². The van der Waals surface area contributed by atoms with Gasteiger partial charge in [-0.25, -0.2) is 4.98 Å². The predicted molar refractivity (Wildman–Crippen MR) is 95.5 cm³/mol. The maximum absolute atomic E-state index is 6.10. The van der Waals surface area contributed by atoms with Crippen LogP contribution in [0, 0.1) is 0 Å². The molecule has 1 aromatic heterocycles. The molecule has 2 fully saturated rings. The summed E-state index contributed by atoms with van der Waals surface area (Å²) in [5.74, 6) is 0.694. The fraction of sp³-hybridized carbons (Fsp3) is 0.450. The molecule has 1 unspecified atom stereocenters. The van der Waals surface area contributed by atoms with Crippen LogP contribution in [0.5, 0.6) is 5.88 Å². The van der Waals surface area contributed by atoms with Gasteiger partial charge in [0.05, 0.1) is 18.9 Å². The lowest BCUT2D eigenvalue weighted by molar-refractivity contribution is -0.0440. The molecule has 1 aromatic carbocycles. The standard InChI is InChI=1S/C20H24N2O3/c1-2-22-10-9-17(14-22)25-19-8-4-7-18(21-19)15-5-3-6-16(13-15)20-23-11-12-24-20/h3-8,13,17,20H,2,9-12,14H2,1H3. The Labute approximate surface area is 148 Å². The van der Waals surface area contributed by atoms with Crippen molar-refractivity contribution in [1.29, 1.82) is 0 Å². The van der Waals surface area contributed by atoms with Crippen molar-refractivity contribution < 1.29 is 14.2 Å². The van der Waals surface area contributed by atoms with Gasteiger partial charge >= 0.3 is 0 Å². The molecular formula is C20H24N2O3. The third-order valence-corrected chi connectivity index (χ3v) is 4.76. The Hall–Kier alpha value is -1.95. The van der Waals surface area contributed by atoms with Gasteiger partial charge in [-0.05, 0) is 25.1 Å². The van der Waals surface area contributed by atoms with Gasteiger partial charge in [-0.3, -0.25) is 4.90 Å². The highest BCUT2D eigenvalue weighted by atomic mass is 16.7. The fourth-order valence-corrected chi connectivity index (χ4v) is 3.39. The summed E-state index contributed by atoms with van der Waals surface area (Å²) in [6, 6.07) is 14.1. The third-order valence-electron chi connectivity index (χ3n) is 4.76. The van der Waals surface area contributed by atoms with E-state index in [9.17, 15) is 0 Å². The van der Waals surface area contributed by atoms with E-state index in [1.807, 2.05) is 30.3 Å². The van der Waals surface area contributed by atoms with Crippen LogP contribution in [0.25, 0.3) is 11.3 Å². The number of pyridine rings is 1. The average Bonchev–Trinajstić information content (AvgIpc) is 3.34. The van der Waals surface area contributed by atoms with Gasteiger partial charge in [0.25, 0.3) is 0 Å². The third kappa shape index (κ3) is 3.84. The van der Waals surface area contributed by atoms with E-state index in [1.54, 1.807) is 0 Å². The van der Waals surface area contributed by atoms with Gasteiger partial charge in [0.2, 0.25) is 5.88 Å². The van der Waals surface area contributed by atoms with Crippen LogP contribution in [0.2, 0.25) is 0 Å². The molecule has 0 N–H and O–H groups in total. The maximum Gasteiger partial charge on any atom is 0.214 e. The molecular weight excluding hydrogens is 316 g/mol. The maximum atomic E-state index is 6.10. The number of likely N-dealkylation sites (N-methyl/N-ethyl adjacent to an activating group) is 1. The lowest BCUT2D eigenvalue weighted by Gasteiger charge is -2.15. The van der Waals surface area contributed by atoms with Gasteiger partial charge in [-0.1, -0.05) is 31.2 Å². The summed E-state index contributed by atoms with van der Waals surface area (Å²) < 4.78 is 17.3. The minimum atomic E-state index is -0.266. The molecule has 0 amide bonds. The number of aromatic nitrogens is 1. The SMILES string of the molecule is CCN1CCC(Oc2cccc(-c3cccc(C4OCCO4)c3)n2)C1. The molecule has 0 radical (unpaired) electrons. The highest BCUT2D eigenvalue weighted by Crippen LogP contribution is 2.28. The molecule has 0 spiro atoms. The predicted octanol–water partition coefficient (Wildman–Crippen LogP) is 3.27. The molecule has 0 bridgehead atoms. The normalized spacial score (nSPS) is 21.7. The van der Waals surface area contributed by atoms with Gasteiger partial charge in [0, 0.05) is 30.3 Å². The second-order valence-electron chi connectivity index (χ2n) is 6.48. The van der Waals surface area contributed by atoms with Crippen molar-refractivity contribution in [2.45, 2.75) is 25.7 Å². The smallest absolute Gasteiger partial charge is 0.214 e. The van der Waals surface area contributed by atoms with E-state index in [4.69, 9.17) is 19.2 Å². The topological polar surface area (TPSA) is 43.8 Å². The van der Waals surface area contributed by atoms with Crippen molar-refractivity contribution in [1.82, 2.24) is 9.88 Å². The molecule has 4 rings (SSSR count). The molecule has 25 heavy (non-hydrogen) atoms. The van der Waals surface area contributed by atoms with Crippen molar-refractivity contribution in [3.63, 3.8) is 0 Å². The quantitative estimate of drug-likeness (QED) is 0.836. The Balaban J connectivity index is 1.50. The molecule has 0 aliphatic carbocycles. The van der Waals surface area contributed by atoms with E-state index in [1.165, 1.54) is 0 Å². The Morgan fingerprint density at radius 2 is 2.00 bits per heavy atom. The lowest BCUT2D eigenvalue weighted by Crippen LogP contribution is -2.24. The number of likely N-dealkylation sites (tertiary alicyclic amines) is 1. The number of hydrogen-bond acceptors (Lipinski definition) is 5. The summed E-state index contributed by atoms with van der Waals surface area (Å²) in [6.45, 7) is 6.63. The number of rotatable bonds is 5. The summed E-state index contributed by atoms with van der Waals surface area (Å²) in [5, 5.41) is 0. The largest absolute Gasteiger partial charge is 0.473 e. The highest BCUT2D eigenvalue weighted by molar-refractivity contribution is 5.60. The molecule has 2 aromatic rings. The molecule has 0 saturated carbocycles. The minimum Gasteiger partial charge on any atom is -0.473 e. The number of ether oxygens (including phenoxy) is 3. The number of benzene rings is 1. The molecule has 5 nitrogen and oxygen atoms in total. The van der Waals surface area contributed by atoms with Crippen molar-refractivity contribution in [2.75, 3.05) is 32.8 Å². The van der Waals surface area contributed by atoms with E-state index in [-0.39, 0.29) is 12.4 Å². The van der Waals surface area contributed by atoms with Gasteiger partial charge in [0.15, 0.2) is 6.29 Å². The molecule has 2 aliphatic heterocycles. The van der Waals surface area contributed by atoms with E-state index in [0.29, 0.717) is 19.1 Å². The Kier molecular flexibility index (Phi) is 4.97. The number of hydrogen-bond donors (Lipinski definition) is 0. The van der Waals surface area contributed by atoms with E-state index >= 15 is 0 Å². The second kappa shape index (κ2) is 7.52.